The summed E-state index contributed by atoms with van der Waals surface area (Å²) in [5, 5.41) is 5.15. The van der Waals surface area contributed by atoms with Gasteiger partial charge in [0.1, 0.15) is 11.2 Å². The molecule has 0 aliphatic carbocycles. The number of nitrogens with one attached hydrogen (secondary N) is 1. The molecule has 4 nitrogen and oxygen atoms in total. The van der Waals surface area contributed by atoms with Crippen LogP contribution >= 0.6 is 22.9 Å². The van der Waals surface area contributed by atoms with Crippen LogP contribution in [-0.2, 0) is 0 Å². The van der Waals surface area contributed by atoms with Crippen molar-refractivity contribution in [1.29, 1.82) is 0 Å². The number of halogens is 1. The topological polar surface area (TPSA) is 50.7 Å². The van der Waals surface area contributed by atoms with Crippen molar-refractivity contribution in [3.05, 3.63) is 53.4 Å². The van der Waals surface area contributed by atoms with Gasteiger partial charge in [0, 0.05) is 22.3 Å². The van der Waals surface area contributed by atoms with E-state index in [0.29, 0.717) is 0 Å². The predicted molar refractivity (Wildman–Crippen MR) is 92.2 cm³/mol. The Bertz CT molecular complexity index is 996. The minimum Gasteiger partial charge on any atom is -0.339 e. The maximum absolute atomic E-state index is 6.18. The first kappa shape index (κ1) is 13.4. The van der Waals surface area contributed by atoms with Crippen molar-refractivity contribution in [2.24, 2.45) is 0 Å². The molecule has 0 unspecified atom stereocenters. The van der Waals surface area contributed by atoms with E-state index in [1.165, 1.54) is 0 Å². The second-order valence-electron chi connectivity index (χ2n) is 4.90. The van der Waals surface area contributed by atoms with Gasteiger partial charge in [0.25, 0.3) is 0 Å². The number of pyridine rings is 1. The van der Waals surface area contributed by atoms with Crippen LogP contribution in [0.15, 0.2) is 42.9 Å². The lowest BCUT2D eigenvalue weighted by Crippen LogP contribution is -1.96. The zero-order valence-corrected chi connectivity index (χ0v) is 13.2. The number of hydrogen-bond acceptors (Lipinski definition) is 5. The van der Waals surface area contributed by atoms with E-state index in [1.807, 2.05) is 37.3 Å². The van der Waals surface area contributed by atoms with E-state index in [4.69, 9.17) is 11.6 Å². The molecule has 0 aliphatic heterocycles. The van der Waals surface area contributed by atoms with Gasteiger partial charge in [0.2, 0.25) is 0 Å². The van der Waals surface area contributed by atoms with E-state index in [-0.39, 0.29) is 0 Å². The average molecular weight is 327 g/mol. The molecule has 108 valence electrons. The third kappa shape index (κ3) is 2.10. The maximum Gasteiger partial charge on any atom is 0.151 e. The van der Waals surface area contributed by atoms with Crippen LogP contribution in [0.25, 0.3) is 20.4 Å². The van der Waals surface area contributed by atoms with Crippen molar-refractivity contribution in [3.63, 3.8) is 0 Å². The number of anilines is 2. The lowest BCUT2D eigenvalue weighted by molar-refractivity contribution is 1.22. The molecule has 1 aromatic carbocycles. The van der Waals surface area contributed by atoms with Gasteiger partial charge < -0.3 is 5.32 Å². The number of fused-ring (bicyclic) bond motifs is 3. The van der Waals surface area contributed by atoms with Crippen molar-refractivity contribution in [2.45, 2.75) is 6.92 Å². The Morgan fingerprint density at radius 1 is 1.09 bits per heavy atom. The van der Waals surface area contributed by atoms with Crippen LogP contribution in [0.1, 0.15) is 5.56 Å². The number of hydrogen-bond donors (Lipinski definition) is 1. The first-order valence-corrected chi connectivity index (χ1v) is 7.94. The Hall–Kier alpha value is -2.24. The van der Waals surface area contributed by atoms with Crippen molar-refractivity contribution in [2.75, 3.05) is 5.32 Å². The van der Waals surface area contributed by atoms with Crippen LogP contribution in [0.4, 0.5) is 11.5 Å². The van der Waals surface area contributed by atoms with Gasteiger partial charge in [-0.2, -0.15) is 0 Å². The van der Waals surface area contributed by atoms with E-state index in [0.717, 1.165) is 42.5 Å². The SMILES string of the molecule is Cc1c(Cl)cccc1Nc1ncnc2c1sc1ncccc12. The molecular formula is C16H11ClN4S. The second-order valence-corrected chi connectivity index (χ2v) is 6.30. The summed E-state index contributed by atoms with van der Waals surface area (Å²) in [6, 6.07) is 9.73. The Morgan fingerprint density at radius 3 is 2.91 bits per heavy atom. The summed E-state index contributed by atoms with van der Waals surface area (Å²) in [7, 11) is 0. The van der Waals surface area contributed by atoms with Crippen LogP contribution in [0, 0.1) is 6.92 Å². The summed E-state index contributed by atoms with van der Waals surface area (Å²) in [6.45, 7) is 1.98. The normalized spacial score (nSPS) is 11.2. The molecule has 4 aromatic rings. The number of benzene rings is 1. The highest BCUT2D eigenvalue weighted by molar-refractivity contribution is 7.25. The molecule has 0 atom stereocenters. The molecule has 0 bridgehead atoms. The minimum absolute atomic E-state index is 0.730. The molecule has 0 aliphatic rings. The molecule has 3 aromatic heterocycles. The zero-order chi connectivity index (χ0) is 15.1. The Labute approximate surface area is 135 Å². The number of thiophene rings is 1. The highest BCUT2D eigenvalue weighted by Gasteiger charge is 2.12. The Morgan fingerprint density at radius 2 is 2.00 bits per heavy atom. The van der Waals surface area contributed by atoms with Gasteiger partial charge >= 0.3 is 0 Å². The molecule has 0 saturated heterocycles. The fourth-order valence-electron chi connectivity index (χ4n) is 2.37. The maximum atomic E-state index is 6.18. The summed E-state index contributed by atoms with van der Waals surface area (Å²) in [6.07, 6.45) is 3.36. The molecule has 0 fully saturated rings. The Kier molecular flexibility index (Phi) is 3.17. The monoisotopic (exact) mass is 326 g/mol. The highest BCUT2D eigenvalue weighted by atomic mass is 35.5. The first-order valence-electron chi connectivity index (χ1n) is 6.74. The van der Waals surface area contributed by atoms with Gasteiger partial charge in [-0.05, 0) is 36.8 Å². The van der Waals surface area contributed by atoms with Gasteiger partial charge in [0.15, 0.2) is 5.82 Å². The van der Waals surface area contributed by atoms with E-state index in [1.54, 1.807) is 23.9 Å². The van der Waals surface area contributed by atoms with Crippen LogP contribution in [0.3, 0.4) is 0 Å². The smallest absolute Gasteiger partial charge is 0.151 e. The highest BCUT2D eigenvalue weighted by Crippen LogP contribution is 2.36. The summed E-state index contributed by atoms with van der Waals surface area (Å²) in [5.41, 5.74) is 2.86. The van der Waals surface area contributed by atoms with Crippen molar-refractivity contribution in [1.82, 2.24) is 15.0 Å². The van der Waals surface area contributed by atoms with Crippen LogP contribution < -0.4 is 5.32 Å². The number of nitrogens with zero attached hydrogens (tertiary/aromatic N) is 3. The van der Waals surface area contributed by atoms with Gasteiger partial charge in [-0.25, -0.2) is 15.0 Å². The van der Waals surface area contributed by atoms with Crippen LogP contribution in [0.2, 0.25) is 5.02 Å². The average Bonchev–Trinajstić information content (AvgIpc) is 2.92. The van der Waals surface area contributed by atoms with Crippen molar-refractivity contribution < 1.29 is 0 Å². The van der Waals surface area contributed by atoms with Gasteiger partial charge in [-0.15, -0.1) is 11.3 Å². The second kappa shape index (κ2) is 5.19. The van der Waals surface area contributed by atoms with E-state index >= 15 is 0 Å². The summed E-state index contributed by atoms with van der Waals surface area (Å²) in [4.78, 5) is 14.2. The van der Waals surface area contributed by atoms with Gasteiger partial charge in [0.05, 0.1) is 10.2 Å². The van der Waals surface area contributed by atoms with Crippen LogP contribution in [-0.4, -0.2) is 15.0 Å². The third-order valence-electron chi connectivity index (χ3n) is 3.55. The quantitative estimate of drug-likeness (QED) is 0.566. The molecule has 1 N–H and O–H groups in total. The molecule has 4 rings (SSSR count). The van der Waals surface area contributed by atoms with E-state index in [9.17, 15) is 0 Å². The number of aromatic nitrogens is 3. The van der Waals surface area contributed by atoms with Gasteiger partial charge in [-0.3, -0.25) is 0 Å². The molecule has 0 amide bonds. The van der Waals surface area contributed by atoms with E-state index < -0.39 is 0 Å². The van der Waals surface area contributed by atoms with Gasteiger partial charge in [-0.1, -0.05) is 17.7 Å². The van der Waals surface area contributed by atoms with Crippen LogP contribution in [0.5, 0.6) is 0 Å². The van der Waals surface area contributed by atoms with Crippen molar-refractivity contribution in [3.8, 4) is 0 Å². The lowest BCUT2D eigenvalue weighted by atomic mass is 10.2. The standard InChI is InChI=1S/C16H11ClN4S/c1-9-11(17)5-2-6-12(9)21-15-14-13(19-8-20-15)10-4-3-7-18-16(10)22-14/h2-8H,1H3,(H,19,20,21). The molecule has 0 spiro atoms. The Balaban J connectivity index is 1.90. The van der Waals surface area contributed by atoms with Crippen molar-refractivity contribution >= 4 is 54.9 Å². The summed E-state index contributed by atoms with van der Waals surface area (Å²) < 4.78 is 0.996. The zero-order valence-electron chi connectivity index (χ0n) is 11.7. The minimum atomic E-state index is 0.730. The number of rotatable bonds is 2. The fraction of sp³-hybridized carbons (Fsp3) is 0.0625. The molecule has 3 heterocycles. The summed E-state index contributed by atoms with van der Waals surface area (Å²) in [5.74, 6) is 0.776. The lowest BCUT2D eigenvalue weighted by Gasteiger charge is -2.10. The predicted octanol–water partition coefficient (Wildman–Crippen LogP) is 4.94. The molecule has 0 radical (unpaired) electrons. The molecule has 6 heteroatoms. The molecule has 0 saturated carbocycles. The first-order chi connectivity index (χ1) is 10.7. The summed E-state index contributed by atoms with van der Waals surface area (Å²) >= 11 is 7.77. The molecule has 22 heavy (non-hydrogen) atoms. The third-order valence-corrected chi connectivity index (χ3v) is 5.07. The largest absolute Gasteiger partial charge is 0.339 e. The van der Waals surface area contributed by atoms with E-state index in [2.05, 4.69) is 20.3 Å². The molecular weight excluding hydrogens is 316 g/mol. The fourth-order valence-corrected chi connectivity index (χ4v) is 3.59.